The quantitative estimate of drug-likeness (QED) is 0.898. The Hall–Kier alpha value is -0.980. The van der Waals surface area contributed by atoms with Crippen molar-refractivity contribution in [3.8, 4) is 0 Å². The predicted octanol–water partition coefficient (Wildman–Crippen LogP) is 1.59. The molecule has 4 nitrogen and oxygen atoms in total. The van der Waals surface area contributed by atoms with Crippen molar-refractivity contribution in [2.24, 2.45) is 5.92 Å². The van der Waals surface area contributed by atoms with E-state index in [-0.39, 0.29) is 5.75 Å². The summed E-state index contributed by atoms with van der Waals surface area (Å²) in [5.74, 6) is 0.0209. The van der Waals surface area contributed by atoms with E-state index in [2.05, 4.69) is 5.32 Å². The molecule has 0 spiro atoms. The minimum absolute atomic E-state index is 0.124. The van der Waals surface area contributed by atoms with Crippen LogP contribution >= 0.6 is 0 Å². The molecule has 6 heteroatoms. The summed E-state index contributed by atoms with van der Waals surface area (Å²) in [6.07, 6.45) is 1.76. The summed E-state index contributed by atoms with van der Waals surface area (Å²) < 4.78 is 39.3. The normalized spacial score (nSPS) is 18.3. The number of hydrogen-bond acceptors (Lipinski definition) is 3. The zero-order valence-corrected chi connectivity index (χ0v) is 12.5. The van der Waals surface area contributed by atoms with Crippen molar-refractivity contribution in [3.63, 3.8) is 0 Å². The molecule has 0 unspecified atom stereocenters. The Balaban J connectivity index is 1.98. The number of nitrogens with one attached hydrogen (secondary N) is 1. The van der Waals surface area contributed by atoms with Crippen LogP contribution in [0, 0.1) is 11.7 Å². The van der Waals surface area contributed by atoms with Gasteiger partial charge >= 0.3 is 0 Å². The lowest BCUT2D eigenvalue weighted by atomic mass is 9.98. The first-order valence-electron chi connectivity index (χ1n) is 6.88. The summed E-state index contributed by atoms with van der Waals surface area (Å²) in [5, 5.41) is 3.13. The van der Waals surface area contributed by atoms with Crippen LogP contribution in [-0.4, -0.2) is 39.4 Å². The van der Waals surface area contributed by atoms with Gasteiger partial charge in [0.15, 0.2) is 0 Å². The monoisotopic (exact) mass is 300 g/mol. The molecule has 1 aliphatic rings. The van der Waals surface area contributed by atoms with E-state index in [4.69, 9.17) is 0 Å². The van der Waals surface area contributed by atoms with Crippen molar-refractivity contribution >= 4 is 10.0 Å². The van der Waals surface area contributed by atoms with Gasteiger partial charge in [0, 0.05) is 13.1 Å². The Morgan fingerprint density at radius 1 is 1.35 bits per heavy atom. The van der Waals surface area contributed by atoms with Crippen molar-refractivity contribution in [2.45, 2.75) is 18.6 Å². The van der Waals surface area contributed by atoms with E-state index < -0.39 is 15.8 Å². The van der Waals surface area contributed by atoms with E-state index >= 15 is 0 Å². The first-order chi connectivity index (χ1) is 9.51. The molecule has 1 saturated heterocycles. The Morgan fingerprint density at radius 3 is 2.65 bits per heavy atom. The van der Waals surface area contributed by atoms with Gasteiger partial charge in [0.1, 0.15) is 5.82 Å². The summed E-state index contributed by atoms with van der Waals surface area (Å²) in [5.41, 5.74) is 0.502. The van der Waals surface area contributed by atoms with Gasteiger partial charge in [0.05, 0.1) is 5.75 Å². The fourth-order valence-electron chi connectivity index (χ4n) is 2.61. The smallest absolute Gasteiger partial charge is 0.218 e. The Kier molecular flexibility index (Phi) is 5.12. The van der Waals surface area contributed by atoms with E-state index in [1.165, 1.54) is 16.4 Å². The Morgan fingerprint density at radius 2 is 2.05 bits per heavy atom. The van der Waals surface area contributed by atoms with E-state index in [0.717, 1.165) is 19.4 Å². The van der Waals surface area contributed by atoms with Gasteiger partial charge in [0.2, 0.25) is 10.0 Å². The molecular weight excluding hydrogens is 279 g/mol. The number of rotatable bonds is 5. The van der Waals surface area contributed by atoms with Gasteiger partial charge in [-0.15, -0.1) is 0 Å². The molecule has 1 aromatic rings. The number of hydrogen-bond donors (Lipinski definition) is 1. The van der Waals surface area contributed by atoms with Crippen LogP contribution in [0.3, 0.4) is 0 Å². The van der Waals surface area contributed by atoms with Crippen molar-refractivity contribution in [1.82, 2.24) is 9.62 Å². The minimum atomic E-state index is -3.35. The fraction of sp³-hybridized carbons (Fsp3) is 0.571. The molecule has 0 saturated carbocycles. The van der Waals surface area contributed by atoms with Crippen LogP contribution < -0.4 is 5.32 Å². The van der Waals surface area contributed by atoms with Gasteiger partial charge in [0.25, 0.3) is 0 Å². The van der Waals surface area contributed by atoms with E-state index in [1.807, 2.05) is 7.05 Å². The number of benzene rings is 1. The topological polar surface area (TPSA) is 49.4 Å². The Bertz CT molecular complexity index is 540. The van der Waals surface area contributed by atoms with Gasteiger partial charge in [-0.05, 0) is 50.0 Å². The summed E-state index contributed by atoms with van der Waals surface area (Å²) in [4.78, 5) is 0. The second-order valence-corrected chi connectivity index (χ2v) is 7.26. The first-order valence-corrected chi connectivity index (χ1v) is 8.49. The third-order valence-electron chi connectivity index (χ3n) is 3.70. The molecule has 1 heterocycles. The highest BCUT2D eigenvalue weighted by Gasteiger charge is 2.27. The van der Waals surface area contributed by atoms with E-state index in [9.17, 15) is 12.8 Å². The number of nitrogens with zero attached hydrogens (tertiary/aromatic N) is 1. The molecule has 20 heavy (non-hydrogen) atoms. The summed E-state index contributed by atoms with van der Waals surface area (Å²) in [6.45, 7) is 2.05. The zero-order valence-electron chi connectivity index (χ0n) is 11.7. The molecule has 0 aliphatic carbocycles. The largest absolute Gasteiger partial charge is 0.319 e. The van der Waals surface area contributed by atoms with Crippen molar-refractivity contribution in [2.75, 3.05) is 26.7 Å². The predicted molar refractivity (Wildman–Crippen MR) is 77.2 cm³/mol. The lowest BCUT2D eigenvalue weighted by molar-refractivity contribution is 0.270. The minimum Gasteiger partial charge on any atom is -0.319 e. The molecule has 2 rings (SSSR count). The van der Waals surface area contributed by atoms with Gasteiger partial charge < -0.3 is 5.32 Å². The highest BCUT2D eigenvalue weighted by molar-refractivity contribution is 7.88. The van der Waals surface area contributed by atoms with Gasteiger partial charge in [-0.3, -0.25) is 0 Å². The Labute approximate surface area is 120 Å². The molecule has 0 aromatic heterocycles. The molecule has 1 aliphatic heterocycles. The second kappa shape index (κ2) is 6.65. The SMILES string of the molecule is CNCC1CCN(S(=O)(=O)Cc2cccc(F)c2)CC1. The third-order valence-corrected chi connectivity index (χ3v) is 5.55. The molecule has 1 aromatic carbocycles. The molecule has 0 atom stereocenters. The van der Waals surface area contributed by atoms with Crippen molar-refractivity contribution in [1.29, 1.82) is 0 Å². The maximum Gasteiger partial charge on any atom is 0.218 e. The summed E-state index contributed by atoms with van der Waals surface area (Å²) in [6, 6.07) is 5.79. The zero-order chi connectivity index (χ0) is 14.6. The average Bonchev–Trinajstić information content (AvgIpc) is 2.39. The van der Waals surface area contributed by atoms with Crippen LogP contribution in [0.1, 0.15) is 18.4 Å². The fourth-order valence-corrected chi connectivity index (χ4v) is 4.16. The lowest BCUT2D eigenvalue weighted by Crippen LogP contribution is -2.40. The first kappa shape index (κ1) is 15.4. The average molecular weight is 300 g/mol. The molecule has 112 valence electrons. The molecule has 1 fully saturated rings. The van der Waals surface area contributed by atoms with Gasteiger partial charge in [-0.1, -0.05) is 12.1 Å². The summed E-state index contributed by atoms with van der Waals surface area (Å²) >= 11 is 0. The number of halogens is 1. The lowest BCUT2D eigenvalue weighted by Gasteiger charge is -2.31. The molecule has 0 amide bonds. The van der Waals surface area contributed by atoms with Crippen LogP contribution in [0.5, 0.6) is 0 Å². The summed E-state index contributed by atoms with van der Waals surface area (Å²) in [7, 11) is -1.44. The standard InChI is InChI=1S/C14H21FN2O2S/c1-16-10-12-5-7-17(8-6-12)20(18,19)11-13-3-2-4-14(15)9-13/h2-4,9,12,16H,5-8,10-11H2,1H3. The molecule has 1 N–H and O–H groups in total. The highest BCUT2D eigenvalue weighted by atomic mass is 32.2. The van der Waals surface area contributed by atoms with Crippen molar-refractivity contribution in [3.05, 3.63) is 35.6 Å². The number of piperidine rings is 1. The maximum absolute atomic E-state index is 13.1. The molecular formula is C14H21FN2O2S. The van der Waals surface area contributed by atoms with Crippen LogP contribution in [0.4, 0.5) is 4.39 Å². The maximum atomic E-state index is 13.1. The second-order valence-electron chi connectivity index (χ2n) is 5.29. The molecule has 0 radical (unpaired) electrons. The van der Waals surface area contributed by atoms with Crippen molar-refractivity contribution < 1.29 is 12.8 Å². The van der Waals surface area contributed by atoms with Gasteiger partial charge in [-0.2, -0.15) is 0 Å². The highest BCUT2D eigenvalue weighted by Crippen LogP contribution is 2.21. The molecule has 0 bridgehead atoms. The van der Waals surface area contributed by atoms with Gasteiger partial charge in [-0.25, -0.2) is 17.1 Å². The van der Waals surface area contributed by atoms with Crippen LogP contribution in [-0.2, 0) is 15.8 Å². The van der Waals surface area contributed by atoms with E-state index in [1.54, 1.807) is 12.1 Å². The third kappa shape index (κ3) is 4.01. The van der Waals surface area contributed by atoms with Crippen LogP contribution in [0.2, 0.25) is 0 Å². The van der Waals surface area contributed by atoms with Crippen LogP contribution in [0.25, 0.3) is 0 Å². The van der Waals surface area contributed by atoms with Crippen LogP contribution in [0.15, 0.2) is 24.3 Å². The van der Waals surface area contributed by atoms with E-state index in [0.29, 0.717) is 24.6 Å². The number of sulfonamides is 1.